The van der Waals surface area contributed by atoms with Crippen molar-refractivity contribution in [1.29, 1.82) is 0 Å². The Morgan fingerprint density at radius 3 is 2.44 bits per heavy atom. The van der Waals surface area contributed by atoms with Gasteiger partial charge < -0.3 is 10.6 Å². The molecule has 2 aromatic rings. The van der Waals surface area contributed by atoms with E-state index in [1.807, 2.05) is 24.1 Å². The normalized spacial score (nSPS) is 10.1. The molecule has 4 heteroatoms. The zero-order valence-corrected chi connectivity index (χ0v) is 9.38. The molecule has 1 heterocycles. The molecular formula is C12H14N4. The van der Waals surface area contributed by atoms with Crippen LogP contribution in [0.3, 0.4) is 0 Å². The van der Waals surface area contributed by atoms with Gasteiger partial charge in [-0.3, -0.25) is 4.98 Å². The number of anilines is 3. The Morgan fingerprint density at radius 1 is 1.12 bits per heavy atom. The van der Waals surface area contributed by atoms with Crippen molar-refractivity contribution in [2.45, 2.75) is 6.92 Å². The van der Waals surface area contributed by atoms with E-state index < -0.39 is 0 Å². The van der Waals surface area contributed by atoms with Gasteiger partial charge in [0.25, 0.3) is 0 Å². The quantitative estimate of drug-likeness (QED) is 0.832. The number of nitrogen functional groups attached to an aromatic ring is 1. The summed E-state index contributed by atoms with van der Waals surface area (Å²) in [6.07, 6.45) is 3.22. The fourth-order valence-corrected chi connectivity index (χ4v) is 1.43. The van der Waals surface area contributed by atoms with Crippen LogP contribution in [-0.4, -0.2) is 17.0 Å². The first-order valence-corrected chi connectivity index (χ1v) is 5.05. The fourth-order valence-electron chi connectivity index (χ4n) is 1.43. The van der Waals surface area contributed by atoms with Crippen LogP contribution >= 0.6 is 0 Å². The Kier molecular flexibility index (Phi) is 2.72. The average Bonchev–Trinajstić information content (AvgIpc) is 2.29. The van der Waals surface area contributed by atoms with Crippen molar-refractivity contribution >= 4 is 17.3 Å². The Labute approximate surface area is 94.8 Å². The highest BCUT2D eigenvalue weighted by molar-refractivity contribution is 5.59. The van der Waals surface area contributed by atoms with Gasteiger partial charge in [0.1, 0.15) is 5.82 Å². The van der Waals surface area contributed by atoms with E-state index in [2.05, 4.69) is 29.0 Å². The number of nitrogens with zero attached hydrogens (tertiary/aromatic N) is 3. The van der Waals surface area contributed by atoms with Gasteiger partial charge in [0.15, 0.2) is 5.82 Å². The van der Waals surface area contributed by atoms with Crippen molar-refractivity contribution < 1.29 is 0 Å². The molecule has 0 saturated carbocycles. The maximum Gasteiger partial charge on any atom is 0.153 e. The topological polar surface area (TPSA) is 55.0 Å². The van der Waals surface area contributed by atoms with Gasteiger partial charge in [0.2, 0.25) is 0 Å². The van der Waals surface area contributed by atoms with Gasteiger partial charge >= 0.3 is 0 Å². The van der Waals surface area contributed by atoms with Gasteiger partial charge in [-0.1, -0.05) is 17.7 Å². The smallest absolute Gasteiger partial charge is 0.153 e. The third-order valence-electron chi connectivity index (χ3n) is 2.41. The van der Waals surface area contributed by atoms with Crippen LogP contribution in [0, 0.1) is 6.92 Å². The molecule has 0 unspecified atom stereocenters. The molecule has 1 aromatic carbocycles. The summed E-state index contributed by atoms with van der Waals surface area (Å²) in [6.45, 7) is 2.06. The van der Waals surface area contributed by atoms with Crippen molar-refractivity contribution in [3.63, 3.8) is 0 Å². The highest BCUT2D eigenvalue weighted by Gasteiger charge is 2.05. The summed E-state index contributed by atoms with van der Waals surface area (Å²) >= 11 is 0. The van der Waals surface area contributed by atoms with Gasteiger partial charge in [-0.05, 0) is 19.1 Å². The van der Waals surface area contributed by atoms with E-state index in [1.54, 1.807) is 6.20 Å². The lowest BCUT2D eigenvalue weighted by Gasteiger charge is -2.18. The predicted octanol–water partition coefficient (Wildman–Crippen LogP) is 2.14. The van der Waals surface area contributed by atoms with Crippen LogP contribution in [0.1, 0.15) is 5.56 Å². The predicted molar refractivity (Wildman–Crippen MR) is 65.7 cm³/mol. The van der Waals surface area contributed by atoms with Crippen molar-refractivity contribution in [3.8, 4) is 0 Å². The van der Waals surface area contributed by atoms with Crippen LogP contribution in [-0.2, 0) is 0 Å². The molecule has 0 amide bonds. The molecule has 0 aliphatic rings. The number of aromatic nitrogens is 2. The molecule has 2 N–H and O–H groups in total. The van der Waals surface area contributed by atoms with Crippen LogP contribution in [0.25, 0.3) is 0 Å². The van der Waals surface area contributed by atoms with Gasteiger partial charge in [-0.15, -0.1) is 0 Å². The van der Waals surface area contributed by atoms with Crippen molar-refractivity contribution in [2.75, 3.05) is 17.7 Å². The number of hydrogen-bond donors (Lipinski definition) is 1. The minimum atomic E-state index is 0.427. The zero-order chi connectivity index (χ0) is 11.5. The van der Waals surface area contributed by atoms with Gasteiger partial charge in [0, 0.05) is 12.7 Å². The van der Waals surface area contributed by atoms with Crippen LogP contribution < -0.4 is 10.6 Å². The van der Waals surface area contributed by atoms with Crippen LogP contribution in [0.5, 0.6) is 0 Å². The molecule has 0 aliphatic heterocycles. The molecule has 4 nitrogen and oxygen atoms in total. The third-order valence-corrected chi connectivity index (χ3v) is 2.41. The lowest BCUT2D eigenvalue weighted by atomic mass is 10.2. The lowest BCUT2D eigenvalue weighted by molar-refractivity contribution is 1.09. The third kappa shape index (κ3) is 2.11. The van der Waals surface area contributed by atoms with Crippen LogP contribution in [0.15, 0.2) is 36.7 Å². The zero-order valence-electron chi connectivity index (χ0n) is 9.38. The molecule has 0 spiro atoms. The van der Waals surface area contributed by atoms with Gasteiger partial charge in [-0.25, -0.2) is 4.98 Å². The number of hydrogen-bond acceptors (Lipinski definition) is 4. The highest BCUT2D eigenvalue weighted by atomic mass is 15.2. The highest BCUT2D eigenvalue weighted by Crippen LogP contribution is 2.21. The average molecular weight is 214 g/mol. The Hall–Kier alpha value is -2.10. The molecule has 0 saturated heterocycles. The molecule has 0 aliphatic carbocycles. The maximum absolute atomic E-state index is 5.60. The van der Waals surface area contributed by atoms with E-state index in [0.29, 0.717) is 5.82 Å². The monoisotopic (exact) mass is 214 g/mol. The van der Waals surface area contributed by atoms with Gasteiger partial charge in [-0.2, -0.15) is 0 Å². The second-order valence-corrected chi connectivity index (χ2v) is 3.70. The second kappa shape index (κ2) is 4.18. The van der Waals surface area contributed by atoms with Crippen LogP contribution in [0.2, 0.25) is 0 Å². The minimum Gasteiger partial charge on any atom is -0.382 e. The summed E-state index contributed by atoms with van der Waals surface area (Å²) in [5.41, 5.74) is 7.89. The van der Waals surface area contributed by atoms with E-state index >= 15 is 0 Å². The summed E-state index contributed by atoms with van der Waals surface area (Å²) in [6, 6.07) is 8.21. The summed E-state index contributed by atoms with van der Waals surface area (Å²) < 4.78 is 0. The Bertz CT molecular complexity index is 479. The first-order chi connectivity index (χ1) is 7.66. The molecule has 2 rings (SSSR count). The number of aryl methyl sites for hydroxylation is 1. The van der Waals surface area contributed by atoms with E-state index in [0.717, 1.165) is 11.5 Å². The second-order valence-electron chi connectivity index (χ2n) is 3.70. The van der Waals surface area contributed by atoms with Crippen molar-refractivity contribution in [2.24, 2.45) is 0 Å². The van der Waals surface area contributed by atoms with E-state index in [1.165, 1.54) is 11.8 Å². The molecule has 0 fully saturated rings. The Balaban J connectivity index is 2.31. The number of rotatable bonds is 2. The van der Waals surface area contributed by atoms with Crippen molar-refractivity contribution in [3.05, 3.63) is 42.2 Å². The summed E-state index contributed by atoms with van der Waals surface area (Å²) in [4.78, 5) is 10.2. The van der Waals surface area contributed by atoms with Crippen LogP contribution in [0.4, 0.5) is 17.3 Å². The molecule has 16 heavy (non-hydrogen) atoms. The first-order valence-electron chi connectivity index (χ1n) is 5.05. The maximum atomic E-state index is 5.60. The number of benzene rings is 1. The molecule has 0 radical (unpaired) electrons. The first kappa shape index (κ1) is 10.4. The van der Waals surface area contributed by atoms with E-state index in [-0.39, 0.29) is 0 Å². The molecule has 0 bridgehead atoms. The van der Waals surface area contributed by atoms with E-state index in [9.17, 15) is 0 Å². The fraction of sp³-hybridized carbons (Fsp3) is 0.167. The molecule has 1 aromatic heterocycles. The molecule has 0 atom stereocenters. The summed E-state index contributed by atoms with van der Waals surface area (Å²) in [5.74, 6) is 1.17. The SMILES string of the molecule is Cc1ccc(N(C)c2cncc(N)n2)cc1. The minimum absolute atomic E-state index is 0.427. The summed E-state index contributed by atoms with van der Waals surface area (Å²) in [7, 11) is 1.94. The number of nitrogens with two attached hydrogens (primary N) is 1. The summed E-state index contributed by atoms with van der Waals surface area (Å²) in [5, 5.41) is 0. The molecule has 82 valence electrons. The largest absolute Gasteiger partial charge is 0.382 e. The Morgan fingerprint density at radius 2 is 1.81 bits per heavy atom. The van der Waals surface area contributed by atoms with Crippen molar-refractivity contribution in [1.82, 2.24) is 9.97 Å². The van der Waals surface area contributed by atoms with E-state index in [4.69, 9.17) is 5.73 Å². The van der Waals surface area contributed by atoms with Gasteiger partial charge in [0.05, 0.1) is 12.4 Å². The standard InChI is InChI=1S/C12H14N4/c1-9-3-5-10(6-4-9)16(2)12-8-14-7-11(13)15-12/h3-8H,1-2H3,(H2,13,15). The lowest BCUT2D eigenvalue weighted by Crippen LogP contribution is -2.12. The molecular weight excluding hydrogens is 200 g/mol.